The molecule has 1 aliphatic rings. The van der Waals surface area contributed by atoms with E-state index in [4.69, 9.17) is 28.4 Å². The average Bonchev–Trinajstić information content (AvgIpc) is 2.48. The van der Waals surface area contributed by atoms with Gasteiger partial charge in [-0.25, -0.2) is 0 Å². The number of carbonyl (C=O) groups is 4. The van der Waals surface area contributed by atoms with Crippen LogP contribution in [0.4, 0.5) is 0 Å². The maximum atomic E-state index is 11.5. The van der Waals surface area contributed by atoms with Crippen LogP contribution in [0.2, 0.25) is 0 Å². The summed E-state index contributed by atoms with van der Waals surface area (Å²) in [4.78, 5) is 45.4. The monoisotopic (exact) mass is 362 g/mol. The molecule has 0 aromatic carbocycles. The summed E-state index contributed by atoms with van der Waals surface area (Å²) in [6.45, 7) is 4.37. The van der Waals surface area contributed by atoms with Crippen molar-refractivity contribution in [2.75, 3.05) is 13.7 Å². The lowest BCUT2D eigenvalue weighted by molar-refractivity contribution is -0.302. The Balaban J connectivity index is 3.18. The van der Waals surface area contributed by atoms with Gasteiger partial charge in [-0.15, -0.1) is 0 Å². The summed E-state index contributed by atoms with van der Waals surface area (Å²) >= 11 is 0. The van der Waals surface area contributed by atoms with Crippen LogP contribution in [0.15, 0.2) is 0 Å². The van der Waals surface area contributed by atoms with Gasteiger partial charge in [0.25, 0.3) is 0 Å². The van der Waals surface area contributed by atoms with Crippen molar-refractivity contribution in [3.8, 4) is 0 Å². The SMILES string of the molecule is COC1OC(COC(C)=O)C(OC(C)=O)C(OC(C)=O)C1OC(C)=O. The Morgan fingerprint density at radius 3 is 1.68 bits per heavy atom. The molecule has 1 heterocycles. The van der Waals surface area contributed by atoms with Gasteiger partial charge < -0.3 is 28.4 Å². The lowest BCUT2D eigenvalue weighted by Crippen LogP contribution is -2.62. The van der Waals surface area contributed by atoms with Crippen LogP contribution >= 0.6 is 0 Å². The molecule has 1 aliphatic heterocycles. The molecule has 0 aromatic heterocycles. The fraction of sp³-hybridized carbons (Fsp3) is 0.733. The van der Waals surface area contributed by atoms with Gasteiger partial charge in [0, 0.05) is 34.8 Å². The van der Waals surface area contributed by atoms with Crippen molar-refractivity contribution in [1.29, 1.82) is 0 Å². The van der Waals surface area contributed by atoms with Gasteiger partial charge in [-0.05, 0) is 0 Å². The fourth-order valence-electron chi connectivity index (χ4n) is 2.38. The van der Waals surface area contributed by atoms with Gasteiger partial charge >= 0.3 is 23.9 Å². The molecule has 25 heavy (non-hydrogen) atoms. The van der Waals surface area contributed by atoms with Gasteiger partial charge in [-0.2, -0.15) is 0 Å². The number of carbonyl (C=O) groups excluding carboxylic acids is 4. The highest BCUT2D eigenvalue weighted by atomic mass is 16.7. The second kappa shape index (κ2) is 9.33. The number of rotatable bonds is 6. The summed E-state index contributed by atoms with van der Waals surface area (Å²) < 4.78 is 31.1. The van der Waals surface area contributed by atoms with Crippen LogP contribution in [0.3, 0.4) is 0 Å². The molecule has 0 amide bonds. The Morgan fingerprint density at radius 2 is 1.24 bits per heavy atom. The molecule has 142 valence electrons. The van der Waals surface area contributed by atoms with Crippen molar-refractivity contribution in [2.24, 2.45) is 0 Å². The Bertz CT molecular complexity index is 516. The van der Waals surface area contributed by atoms with Crippen molar-refractivity contribution in [2.45, 2.75) is 58.4 Å². The first-order valence-corrected chi connectivity index (χ1v) is 7.49. The van der Waals surface area contributed by atoms with E-state index in [-0.39, 0.29) is 6.61 Å². The van der Waals surface area contributed by atoms with Gasteiger partial charge in [-0.3, -0.25) is 19.2 Å². The van der Waals surface area contributed by atoms with Crippen molar-refractivity contribution in [3.63, 3.8) is 0 Å². The van der Waals surface area contributed by atoms with E-state index < -0.39 is 54.6 Å². The first-order valence-electron chi connectivity index (χ1n) is 7.49. The minimum absolute atomic E-state index is 0.280. The van der Waals surface area contributed by atoms with Crippen LogP contribution in [0, 0.1) is 0 Å². The highest BCUT2D eigenvalue weighted by Gasteiger charge is 2.52. The van der Waals surface area contributed by atoms with E-state index in [0.717, 1.165) is 20.8 Å². The summed E-state index contributed by atoms with van der Waals surface area (Å²) in [6.07, 6.45) is -5.67. The summed E-state index contributed by atoms with van der Waals surface area (Å²) in [5.41, 5.74) is 0. The maximum Gasteiger partial charge on any atom is 0.303 e. The highest BCUT2D eigenvalue weighted by molar-refractivity contribution is 5.68. The molecule has 1 rings (SSSR count). The second-order valence-electron chi connectivity index (χ2n) is 5.30. The molecule has 0 radical (unpaired) electrons. The van der Waals surface area contributed by atoms with Gasteiger partial charge in [0.05, 0.1) is 0 Å². The first-order chi connectivity index (χ1) is 11.6. The molecule has 0 aliphatic carbocycles. The first kappa shape index (κ1) is 20.8. The summed E-state index contributed by atoms with van der Waals surface area (Å²) in [7, 11) is 1.29. The number of hydrogen-bond donors (Lipinski definition) is 0. The van der Waals surface area contributed by atoms with Crippen molar-refractivity contribution < 1.29 is 47.6 Å². The van der Waals surface area contributed by atoms with E-state index in [1.165, 1.54) is 14.0 Å². The Morgan fingerprint density at radius 1 is 0.760 bits per heavy atom. The quantitative estimate of drug-likeness (QED) is 0.460. The minimum Gasteiger partial charge on any atom is -0.463 e. The van der Waals surface area contributed by atoms with Gasteiger partial charge in [0.2, 0.25) is 0 Å². The van der Waals surface area contributed by atoms with Crippen molar-refractivity contribution in [3.05, 3.63) is 0 Å². The molecule has 0 spiro atoms. The number of esters is 4. The fourth-order valence-corrected chi connectivity index (χ4v) is 2.38. The summed E-state index contributed by atoms with van der Waals surface area (Å²) in [6, 6.07) is 0. The maximum absolute atomic E-state index is 11.5. The van der Waals surface area contributed by atoms with Crippen LogP contribution in [0.5, 0.6) is 0 Å². The predicted molar refractivity (Wildman–Crippen MR) is 79.0 cm³/mol. The highest BCUT2D eigenvalue weighted by Crippen LogP contribution is 2.29. The normalized spacial score (nSPS) is 28.6. The lowest BCUT2D eigenvalue weighted by Gasteiger charge is -2.43. The molecule has 0 saturated carbocycles. The zero-order valence-electron chi connectivity index (χ0n) is 14.7. The zero-order chi connectivity index (χ0) is 19.1. The zero-order valence-corrected chi connectivity index (χ0v) is 14.7. The van der Waals surface area contributed by atoms with E-state index in [1.807, 2.05) is 0 Å². The van der Waals surface area contributed by atoms with Crippen LogP contribution in [-0.4, -0.2) is 68.3 Å². The van der Waals surface area contributed by atoms with E-state index in [2.05, 4.69) is 0 Å². The minimum atomic E-state index is -1.20. The molecule has 0 aromatic rings. The molecule has 1 saturated heterocycles. The third-order valence-electron chi connectivity index (χ3n) is 3.18. The van der Waals surface area contributed by atoms with Crippen LogP contribution in [-0.2, 0) is 47.6 Å². The van der Waals surface area contributed by atoms with Crippen LogP contribution in [0.1, 0.15) is 27.7 Å². The van der Waals surface area contributed by atoms with Crippen LogP contribution < -0.4 is 0 Å². The second-order valence-corrected chi connectivity index (χ2v) is 5.30. The molecule has 0 bridgehead atoms. The Labute approximate surface area is 144 Å². The van der Waals surface area contributed by atoms with Crippen molar-refractivity contribution in [1.82, 2.24) is 0 Å². The van der Waals surface area contributed by atoms with E-state index >= 15 is 0 Å². The summed E-state index contributed by atoms with van der Waals surface area (Å²) in [5, 5.41) is 0. The van der Waals surface area contributed by atoms with Crippen LogP contribution in [0.25, 0.3) is 0 Å². The third kappa shape index (κ3) is 6.31. The molecule has 1 fully saturated rings. The van der Waals surface area contributed by atoms with E-state index in [1.54, 1.807) is 0 Å². The third-order valence-corrected chi connectivity index (χ3v) is 3.18. The molecular weight excluding hydrogens is 340 g/mol. The molecular formula is C15H22O10. The molecule has 10 heteroatoms. The molecule has 0 N–H and O–H groups in total. The smallest absolute Gasteiger partial charge is 0.303 e. The molecule has 5 atom stereocenters. The van der Waals surface area contributed by atoms with E-state index in [9.17, 15) is 19.2 Å². The van der Waals surface area contributed by atoms with Gasteiger partial charge in [-0.1, -0.05) is 0 Å². The van der Waals surface area contributed by atoms with Crippen molar-refractivity contribution >= 4 is 23.9 Å². The topological polar surface area (TPSA) is 124 Å². The van der Waals surface area contributed by atoms with E-state index in [0.29, 0.717) is 0 Å². The Kier molecular flexibility index (Phi) is 7.78. The molecule has 10 nitrogen and oxygen atoms in total. The average molecular weight is 362 g/mol. The predicted octanol–water partition coefficient (Wildman–Crippen LogP) is -0.284. The number of methoxy groups -OCH3 is 1. The van der Waals surface area contributed by atoms with Gasteiger partial charge in [0.1, 0.15) is 12.7 Å². The number of ether oxygens (including phenoxy) is 6. The Hall–Kier alpha value is -2.20. The summed E-state index contributed by atoms with van der Waals surface area (Å²) in [5.74, 6) is -2.63. The lowest BCUT2D eigenvalue weighted by atomic mass is 9.98. The largest absolute Gasteiger partial charge is 0.463 e. The number of hydrogen-bond acceptors (Lipinski definition) is 10. The standard InChI is InChI=1S/C15H22O10/c1-7(16)21-6-11-12(22-8(2)17)13(23-9(3)18)14(24-10(4)19)15(20-5)25-11/h11-15H,6H2,1-5H3. The molecule has 5 unspecified atom stereocenters. The van der Waals surface area contributed by atoms with Gasteiger partial charge in [0.15, 0.2) is 24.6 Å².